The number of nitrogens with zero attached hydrogens (tertiary/aromatic N) is 2. The average Bonchev–Trinajstić information content (AvgIpc) is 2.47. The van der Waals surface area contributed by atoms with Gasteiger partial charge in [-0.15, -0.1) is 0 Å². The van der Waals surface area contributed by atoms with E-state index in [1.54, 1.807) is 0 Å². The molecule has 5 heteroatoms. The van der Waals surface area contributed by atoms with Gasteiger partial charge in [0.2, 0.25) is 0 Å². The summed E-state index contributed by atoms with van der Waals surface area (Å²) in [6, 6.07) is 7.69. The van der Waals surface area contributed by atoms with Gasteiger partial charge in [-0.1, -0.05) is 12.1 Å². The molecule has 0 radical (unpaired) electrons. The lowest BCUT2D eigenvalue weighted by Crippen LogP contribution is -2.43. The van der Waals surface area contributed by atoms with Gasteiger partial charge in [-0.3, -0.25) is 4.79 Å². The highest BCUT2D eigenvalue weighted by molar-refractivity contribution is 5.97. The summed E-state index contributed by atoms with van der Waals surface area (Å²) in [5.41, 5.74) is 6.54. The van der Waals surface area contributed by atoms with Crippen molar-refractivity contribution < 1.29 is 9.53 Å². The fourth-order valence-electron chi connectivity index (χ4n) is 2.38. The average molecular weight is 291 g/mol. The number of likely N-dealkylation sites (tertiary alicyclic amines) is 1. The van der Waals surface area contributed by atoms with E-state index in [1.807, 2.05) is 43.3 Å². The number of piperidine rings is 1. The first-order valence-electron chi connectivity index (χ1n) is 7.49. The molecule has 2 rings (SSSR count). The van der Waals surface area contributed by atoms with Crippen LogP contribution in [0.15, 0.2) is 24.3 Å². The number of carbonyl (C=O) groups excluding carboxylic acids is 1. The first-order chi connectivity index (χ1) is 10.1. The molecular weight excluding hydrogens is 266 g/mol. The molecule has 21 heavy (non-hydrogen) atoms. The van der Waals surface area contributed by atoms with Crippen molar-refractivity contribution in [3.05, 3.63) is 29.8 Å². The molecule has 2 N–H and O–H groups in total. The van der Waals surface area contributed by atoms with Crippen molar-refractivity contribution in [3.63, 3.8) is 0 Å². The maximum absolute atomic E-state index is 12.6. The van der Waals surface area contributed by atoms with Crippen molar-refractivity contribution in [2.75, 3.05) is 40.3 Å². The summed E-state index contributed by atoms with van der Waals surface area (Å²) in [5.74, 6) is 0.710. The van der Waals surface area contributed by atoms with Crippen molar-refractivity contribution in [1.29, 1.82) is 0 Å². The Kier molecular flexibility index (Phi) is 5.59. The smallest absolute Gasteiger partial charge is 0.257 e. The molecule has 0 saturated carbocycles. The van der Waals surface area contributed by atoms with Crippen LogP contribution in [0.3, 0.4) is 0 Å². The molecule has 0 aromatic heterocycles. The third-order valence-corrected chi connectivity index (χ3v) is 3.74. The van der Waals surface area contributed by atoms with Crippen LogP contribution in [0.1, 0.15) is 23.2 Å². The number of hydrogen-bond acceptors (Lipinski definition) is 4. The van der Waals surface area contributed by atoms with Crippen molar-refractivity contribution in [2.45, 2.75) is 18.9 Å². The monoisotopic (exact) mass is 291 g/mol. The highest BCUT2D eigenvalue weighted by atomic mass is 16.5. The normalized spacial score (nSPS) is 16.3. The third kappa shape index (κ3) is 4.44. The van der Waals surface area contributed by atoms with E-state index >= 15 is 0 Å². The zero-order chi connectivity index (χ0) is 15.2. The fourth-order valence-corrected chi connectivity index (χ4v) is 2.38. The quantitative estimate of drug-likeness (QED) is 0.885. The molecule has 1 aliphatic rings. The second kappa shape index (κ2) is 7.43. The summed E-state index contributed by atoms with van der Waals surface area (Å²) in [7, 11) is 3.99. The van der Waals surface area contributed by atoms with E-state index in [1.165, 1.54) is 0 Å². The van der Waals surface area contributed by atoms with Crippen molar-refractivity contribution >= 4 is 5.91 Å². The molecule has 1 amide bonds. The van der Waals surface area contributed by atoms with Crippen LogP contribution in [0.5, 0.6) is 5.75 Å². The Morgan fingerprint density at radius 2 is 2.00 bits per heavy atom. The molecule has 0 aliphatic carbocycles. The molecule has 0 spiro atoms. The molecule has 0 unspecified atom stereocenters. The number of carbonyl (C=O) groups is 1. The molecule has 1 aromatic rings. The van der Waals surface area contributed by atoms with Crippen molar-refractivity contribution in [2.24, 2.45) is 5.73 Å². The van der Waals surface area contributed by atoms with E-state index in [-0.39, 0.29) is 11.9 Å². The van der Waals surface area contributed by atoms with Crippen LogP contribution in [0.2, 0.25) is 0 Å². The second-order valence-corrected chi connectivity index (χ2v) is 5.78. The van der Waals surface area contributed by atoms with Gasteiger partial charge >= 0.3 is 0 Å². The van der Waals surface area contributed by atoms with Crippen LogP contribution < -0.4 is 10.5 Å². The molecule has 0 atom stereocenters. The molecule has 1 aromatic carbocycles. The van der Waals surface area contributed by atoms with E-state index in [4.69, 9.17) is 10.5 Å². The Morgan fingerprint density at radius 1 is 1.33 bits per heavy atom. The van der Waals surface area contributed by atoms with Gasteiger partial charge in [0.1, 0.15) is 12.4 Å². The molecule has 0 bridgehead atoms. The summed E-state index contributed by atoms with van der Waals surface area (Å²) in [5, 5.41) is 0. The minimum absolute atomic E-state index is 0.0438. The minimum Gasteiger partial charge on any atom is -0.491 e. The number of hydrogen-bond donors (Lipinski definition) is 1. The predicted octanol–water partition coefficient (Wildman–Crippen LogP) is 1.19. The lowest BCUT2D eigenvalue weighted by Gasteiger charge is -2.30. The summed E-state index contributed by atoms with van der Waals surface area (Å²) < 4.78 is 5.77. The molecule has 1 aliphatic heterocycles. The summed E-state index contributed by atoms with van der Waals surface area (Å²) in [4.78, 5) is 16.5. The van der Waals surface area contributed by atoms with Crippen LogP contribution >= 0.6 is 0 Å². The van der Waals surface area contributed by atoms with Crippen LogP contribution in [-0.2, 0) is 0 Å². The van der Waals surface area contributed by atoms with Gasteiger partial charge in [-0.05, 0) is 39.1 Å². The second-order valence-electron chi connectivity index (χ2n) is 5.78. The molecular formula is C16H25N3O2. The predicted molar refractivity (Wildman–Crippen MR) is 83.6 cm³/mol. The zero-order valence-electron chi connectivity index (χ0n) is 12.9. The fraction of sp³-hybridized carbons (Fsp3) is 0.562. The van der Waals surface area contributed by atoms with Crippen LogP contribution in [0, 0.1) is 0 Å². The number of amides is 1. The molecule has 1 fully saturated rings. The van der Waals surface area contributed by atoms with Gasteiger partial charge in [-0.2, -0.15) is 0 Å². The number of nitrogens with two attached hydrogens (primary N) is 1. The maximum Gasteiger partial charge on any atom is 0.257 e. The highest BCUT2D eigenvalue weighted by Gasteiger charge is 2.23. The summed E-state index contributed by atoms with van der Waals surface area (Å²) in [6.07, 6.45) is 1.74. The zero-order valence-corrected chi connectivity index (χ0v) is 12.9. The van der Waals surface area contributed by atoms with Crippen LogP contribution in [0.25, 0.3) is 0 Å². The van der Waals surface area contributed by atoms with Crippen molar-refractivity contribution in [3.8, 4) is 5.75 Å². The van der Waals surface area contributed by atoms with Gasteiger partial charge < -0.3 is 20.3 Å². The molecule has 1 heterocycles. The molecule has 116 valence electrons. The molecule has 1 saturated heterocycles. The number of ether oxygens (including phenoxy) is 1. The van der Waals surface area contributed by atoms with Crippen LogP contribution in [0.4, 0.5) is 0 Å². The minimum atomic E-state index is 0.0438. The van der Waals surface area contributed by atoms with E-state index in [0.29, 0.717) is 17.9 Å². The number of likely N-dealkylation sites (N-methyl/N-ethyl adjacent to an activating group) is 1. The van der Waals surface area contributed by atoms with Crippen molar-refractivity contribution in [1.82, 2.24) is 9.80 Å². The summed E-state index contributed by atoms with van der Waals surface area (Å²) >= 11 is 0. The first kappa shape index (κ1) is 15.8. The van der Waals surface area contributed by atoms with Gasteiger partial charge in [0.25, 0.3) is 5.91 Å². The van der Waals surface area contributed by atoms with Gasteiger partial charge in [0, 0.05) is 25.7 Å². The highest BCUT2D eigenvalue weighted by Crippen LogP contribution is 2.21. The Bertz CT molecular complexity index is 468. The Labute approximate surface area is 126 Å². The third-order valence-electron chi connectivity index (χ3n) is 3.74. The van der Waals surface area contributed by atoms with Gasteiger partial charge in [0.05, 0.1) is 5.56 Å². The largest absolute Gasteiger partial charge is 0.491 e. The SMILES string of the molecule is CN(C)CCOc1ccccc1C(=O)N1CCC(N)CC1. The lowest BCUT2D eigenvalue weighted by atomic mass is 10.0. The van der Waals surface area contributed by atoms with Gasteiger partial charge in [0.15, 0.2) is 0 Å². The van der Waals surface area contributed by atoms with E-state index in [9.17, 15) is 4.79 Å². The van der Waals surface area contributed by atoms with E-state index in [0.717, 1.165) is 32.5 Å². The number of benzene rings is 1. The topological polar surface area (TPSA) is 58.8 Å². The van der Waals surface area contributed by atoms with E-state index in [2.05, 4.69) is 4.90 Å². The van der Waals surface area contributed by atoms with Crippen LogP contribution in [-0.4, -0.2) is 62.1 Å². The Morgan fingerprint density at radius 3 is 2.67 bits per heavy atom. The first-order valence-corrected chi connectivity index (χ1v) is 7.49. The standard InChI is InChI=1S/C16H25N3O2/c1-18(2)11-12-21-15-6-4-3-5-14(15)16(20)19-9-7-13(17)8-10-19/h3-6,13H,7-12,17H2,1-2H3. The van der Waals surface area contributed by atoms with E-state index < -0.39 is 0 Å². The number of rotatable bonds is 5. The van der Waals surface area contributed by atoms with Gasteiger partial charge in [-0.25, -0.2) is 0 Å². The summed E-state index contributed by atoms with van der Waals surface area (Å²) in [6.45, 7) is 2.85. The Balaban J connectivity index is 2.03. The Hall–Kier alpha value is -1.59. The lowest BCUT2D eigenvalue weighted by molar-refractivity contribution is 0.0710. The molecule has 5 nitrogen and oxygen atoms in total. The maximum atomic E-state index is 12.6. The number of para-hydroxylation sites is 1.